The van der Waals surface area contributed by atoms with E-state index in [1.54, 1.807) is 12.3 Å². The van der Waals surface area contributed by atoms with Gasteiger partial charge in [-0.15, -0.1) is 11.8 Å². The summed E-state index contributed by atoms with van der Waals surface area (Å²) in [6.45, 7) is -0.867. The Balaban J connectivity index is 0.00000363. The minimum atomic E-state index is -2.63. The summed E-state index contributed by atoms with van der Waals surface area (Å²) in [5, 5.41) is 12.3. The SMILES string of the molecule is COCCN(CC(F)F)c1ccc2c(=O)c3ccc(Cl)c(SC)c3n(CC(=O)[O-])c2n1.[Na+]. The largest absolute Gasteiger partial charge is 1.00 e. The van der Waals surface area contributed by atoms with E-state index in [1.807, 2.05) is 0 Å². The summed E-state index contributed by atoms with van der Waals surface area (Å²) >= 11 is 7.54. The number of hydrogen-bond acceptors (Lipinski definition) is 7. The molecular formula is C20H19ClF2N3NaO4S. The molecule has 0 saturated heterocycles. The Morgan fingerprint density at radius 1 is 1.31 bits per heavy atom. The van der Waals surface area contributed by atoms with Gasteiger partial charge in [0.2, 0.25) is 0 Å². The van der Waals surface area contributed by atoms with Crippen molar-refractivity contribution in [2.24, 2.45) is 0 Å². The third-order valence-corrected chi connectivity index (χ3v) is 5.95. The Labute approximate surface area is 214 Å². The van der Waals surface area contributed by atoms with Crippen molar-refractivity contribution >= 4 is 57.1 Å². The van der Waals surface area contributed by atoms with E-state index in [0.717, 1.165) is 0 Å². The molecule has 0 aliphatic rings. The number of halogens is 3. The monoisotopic (exact) mass is 493 g/mol. The molecule has 3 rings (SSSR count). The number of alkyl halides is 2. The van der Waals surface area contributed by atoms with E-state index in [1.165, 1.54) is 46.5 Å². The Bertz CT molecular complexity index is 1200. The van der Waals surface area contributed by atoms with E-state index in [-0.39, 0.29) is 70.4 Å². The van der Waals surface area contributed by atoms with E-state index in [9.17, 15) is 23.5 Å². The number of carbonyl (C=O) groups is 1. The topological polar surface area (TPSA) is 87.5 Å². The number of ether oxygens (including phenoxy) is 1. The Morgan fingerprint density at radius 2 is 2.00 bits per heavy atom. The number of hydrogen-bond donors (Lipinski definition) is 0. The van der Waals surface area contributed by atoms with Gasteiger partial charge in [-0.3, -0.25) is 4.79 Å². The van der Waals surface area contributed by atoms with Crippen LogP contribution >= 0.6 is 23.4 Å². The zero-order chi connectivity index (χ0) is 22.7. The van der Waals surface area contributed by atoms with Crippen LogP contribution in [0.4, 0.5) is 14.6 Å². The van der Waals surface area contributed by atoms with Crippen LogP contribution in [0.5, 0.6) is 0 Å². The van der Waals surface area contributed by atoms with Crippen molar-refractivity contribution in [3.05, 3.63) is 39.5 Å². The number of fused-ring (bicyclic) bond motifs is 2. The van der Waals surface area contributed by atoms with Crippen molar-refractivity contribution in [3.63, 3.8) is 0 Å². The number of benzene rings is 1. The molecule has 32 heavy (non-hydrogen) atoms. The fraction of sp³-hybridized carbons (Fsp3) is 0.350. The summed E-state index contributed by atoms with van der Waals surface area (Å²) in [5.74, 6) is -1.22. The van der Waals surface area contributed by atoms with Crippen molar-refractivity contribution in [2.45, 2.75) is 17.9 Å². The van der Waals surface area contributed by atoms with Crippen LogP contribution in [-0.4, -0.2) is 55.0 Å². The molecule has 0 amide bonds. The standard InChI is InChI=1S/C20H20ClF2N3O4S.Na/c1-30-8-7-25(9-14(22)23)15-6-4-12-18(29)11-3-5-13(21)19(31-2)17(11)26(10-16(27)28)20(12)24-15;/h3-6,14H,7-10H2,1-2H3,(H,27,28);/q;+1/p-1. The average Bonchev–Trinajstić information content (AvgIpc) is 2.73. The first kappa shape index (κ1) is 26.8. The number of nitrogens with zero attached hydrogens (tertiary/aromatic N) is 3. The molecule has 0 saturated carbocycles. The third kappa shape index (κ3) is 5.55. The summed E-state index contributed by atoms with van der Waals surface area (Å²) < 4.78 is 32.5. The normalized spacial score (nSPS) is 11.2. The molecule has 0 bridgehead atoms. The van der Waals surface area contributed by atoms with Gasteiger partial charge in [-0.25, -0.2) is 13.8 Å². The fourth-order valence-electron chi connectivity index (χ4n) is 3.39. The van der Waals surface area contributed by atoms with Gasteiger partial charge < -0.3 is 24.1 Å². The molecule has 166 valence electrons. The first-order chi connectivity index (χ1) is 14.8. The fourth-order valence-corrected chi connectivity index (χ4v) is 4.45. The number of carboxylic acid groups (broad SMARTS) is 1. The van der Waals surface area contributed by atoms with Gasteiger partial charge in [-0.1, -0.05) is 11.6 Å². The van der Waals surface area contributed by atoms with Gasteiger partial charge in [0.15, 0.2) is 5.43 Å². The molecule has 1 aromatic carbocycles. The molecule has 0 unspecified atom stereocenters. The maximum atomic E-state index is 13.1. The second-order valence-corrected chi connectivity index (χ2v) is 7.86. The summed E-state index contributed by atoms with van der Waals surface area (Å²) in [6.07, 6.45) is -0.879. The number of carbonyl (C=O) groups excluding carboxylic acids is 1. The molecule has 0 spiro atoms. The molecule has 2 heterocycles. The van der Waals surface area contributed by atoms with Crippen molar-refractivity contribution < 1.29 is 53.0 Å². The summed E-state index contributed by atoms with van der Waals surface area (Å²) in [5.41, 5.74) is 0.0000154. The van der Waals surface area contributed by atoms with Crippen LogP contribution in [0.2, 0.25) is 5.02 Å². The van der Waals surface area contributed by atoms with E-state index in [4.69, 9.17) is 16.3 Å². The quantitative estimate of drug-likeness (QED) is 0.223. The molecule has 0 N–H and O–H groups in total. The number of thioether (sulfide) groups is 1. The molecule has 0 fully saturated rings. The maximum absolute atomic E-state index is 13.1. The summed E-state index contributed by atoms with van der Waals surface area (Å²) in [6, 6.07) is 6.02. The van der Waals surface area contributed by atoms with Crippen LogP contribution in [0.1, 0.15) is 0 Å². The molecule has 0 atom stereocenters. The van der Waals surface area contributed by atoms with Gasteiger partial charge in [0.05, 0.1) is 46.5 Å². The predicted molar refractivity (Wildman–Crippen MR) is 115 cm³/mol. The Morgan fingerprint density at radius 3 is 2.59 bits per heavy atom. The number of anilines is 1. The van der Waals surface area contributed by atoms with Crippen LogP contribution in [0, 0.1) is 0 Å². The van der Waals surface area contributed by atoms with Gasteiger partial charge in [-0.2, -0.15) is 0 Å². The second-order valence-electron chi connectivity index (χ2n) is 6.63. The molecule has 0 radical (unpaired) electrons. The third-order valence-electron chi connectivity index (χ3n) is 4.70. The average molecular weight is 494 g/mol. The summed E-state index contributed by atoms with van der Waals surface area (Å²) in [4.78, 5) is 30.9. The van der Waals surface area contributed by atoms with E-state index in [0.29, 0.717) is 15.4 Å². The summed E-state index contributed by atoms with van der Waals surface area (Å²) in [7, 11) is 1.45. The Hall–Kier alpha value is -1.43. The number of rotatable bonds is 9. The first-order valence-electron chi connectivity index (χ1n) is 9.20. The molecular weight excluding hydrogens is 475 g/mol. The van der Waals surface area contributed by atoms with Crippen LogP contribution < -0.4 is 45.0 Å². The van der Waals surface area contributed by atoms with Crippen LogP contribution in [0.3, 0.4) is 0 Å². The number of methoxy groups -OCH3 is 1. The zero-order valence-corrected chi connectivity index (χ0v) is 21.3. The number of carboxylic acids is 1. The van der Waals surface area contributed by atoms with Gasteiger partial charge in [-0.05, 0) is 30.5 Å². The van der Waals surface area contributed by atoms with Gasteiger partial charge >= 0.3 is 29.6 Å². The van der Waals surface area contributed by atoms with Gasteiger partial charge in [0.25, 0.3) is 6.43 Å². The molecule has 0 aliphatic carbocycles. The molecule has 0 aliphatic heterocycles. The zero-order valence-electron chi connectivity index (χ0n) is 17.7. The van der Waals surface area contributed by atoms with Crippen molar-refractivity contribution in [3.8, 4) is 0 Å². The molecule has 3 aromatic rings. The smallest absolute Gasteiger partial charge is 0.548 e. The van der Waals surface area contributed by atoms with Crippen molar-refractivity contribution in [1.82, 2.24) is 9.55 Å². The van der Waals surface area contributed by atoms with Crippen LogP contribution in [-0.2, 0) is 16.1 Å². The van der Waals surface area contributed by atoms with Crippen molar-refractivity contribution in [2.75, 3.05) is 38.0 Å². The molecule has 12 heteroatoms. The predicted octanol–water partition coefficient (Wildman–Crippen LogP) is -0.603. The van der Waals surface area contributed by atoms with Gasteiger partial charge in [0.1, 0.15) is 11.5 Å². The van der Waals surface area contributed by atoms with Gasteiger partial charge in [0, 0.05) is 19.0 Å². The maximum Gasteiger partial charge on any atom is 1.00 e. The Kier molecular flexibility index (Phi) is 9.74. The van der Waals surface area contributed by atoms with E-state index < -0.39 is 25.5 Å². The second kappa shape index (κ2) is 11.6. The van der Waals surface area contributed by atoms with E-state index in [2.05, 4.69) is 4.98 Å². The molecule has 7 nitrogen and oxygen atoms in total. The minimum Gasteiger partial charge on any atom is -0.548 e. The number of aromatic nitrogens is 2. The number of pyridine rings is 2. The number of aliphatic carboxylic acids is 1. The first-order valence-corrected chi connectivity index (χ1v) is 10.8. The minimum absolute atomic E-state index is 0. The van der Waals surface area contributed by atoms with Crippen LogP contribution in [0.25, 0.3) is 21.9 Å². The van der Waals surface area contributed by atoms with Crippen molar-refractivity contribution in [1.29, 1.82) is 0 Å². The van der Waals surface area contributed by atoms with E-state index >= 15 is 0 Å². The molecule has 2 aromatic heterocycles. The van der Waals surface area contributed by atoms with Crippen LogP contribution in [0.15, 0.2) is 34.0 Å².